The molecule has 6 heteroatoms. The van der Waals surface area contributed by atoms with Gasteiger partial charge < -0.3 is 9.80 Å². The molecule has 0 N–H and O–H groups in total. The SMILES string of the molecule is CN(Cc1c(F)cccc1Cl)C(=O)[C@H]1CC(=O)N(C2CCCC2)C1. The number of hydrogen-bond donors (Lipinski definition) is 0. The molecule has 1 aromatic rings. The van der Waals surface area contributed by atoms with Crippen LogP contribution in [0.1, 0.15) is 37.7 Å². The maximum atomic E-state index is 13.9. The van der Waals surface area contributed by atoms with E-state index in [-0.39, 0.29) is 30.7 Å². The van der Waals surface area contributed by atoms with Crippen LogP contribution in [0.2, 0.25) is 5.02 Å². The fourth-order valence-electron chi connectivity index (χ4n) is 3.78. The van der Waals surface area contributed by atoms with E-state index in [9.17, 15) is 14.0 Å². The first-order valence-corrected chi connectivity index (χ1v) is 8.82. The molecule has 1 heterocycles. The molecule has 1 atom stereocenters. The predicted octanol–water partition coefficient (Wildman–Crippen LogP) is 3.23. The Kier molecular flexibility index (Phi) is 5.09. The average molecular weight is 353 g/mol. The van der Waals surface area contributed by atoms with Crippen molar-refractivity contribution < 1.29 is 14.0 Å². The van der Waals surface area contributed by atoms with E-state index < -0.39 is 5.82 Å². The summed E-state index contributed by atoms with van der Waals surface area (Å²) in [4.78, 5) is 28.2. The van der Waals surface area contributed by atoms with Crippen LogP contribution in [0.3, 0.4) is 0 Å². The van der Waals surface area contributed by atoms with E-state index in [4.69, 9.17) is 11.6 Å². The van der Waals surface area contributed by atoms with E-state index in [2.05, 4.69) is 0 Å². The third kappa shape index (κ3) is 3.41. The highest BCUT2D eigenvalue weighted by Crippen LogP contribution is 2.30. The third-order valence-corrected chi connectivity index (χ3v) is 5.46. The van der Waals surface area contributed by atoms with Gasteiger partial charge in [0.1, 0.15) is 5.82 Å². The molecule has 0 bridgehead atoms. The molecule has 0 unspecified atom stereocenters. The van der Waals surface area contributed by atoms with Crippen molar-refractivity contribution in [3.05, 3.63) is 34.6 Å². The molecule has 1 saturated heterocycles. The molecule has 1 saturated carbocycles. The summed E-state index contributed by atoms with van der Waals surface area (Å²) in [6, 6.07) is 4.78. The maximum Gasteiger partial charge on any atom is 0.228 e. The molecule has 0 aromatic heterocycles. The van der Waals surface area contributed by atoms with Gasteiger partial charge in [-0.25, -0.2) is 4.39 Å². The molecule has 2 amide bonds. The second-order valence-electron chi connectivity index (χ2n) is 6.78. The first-order chi connectivity index (χ1) is 11.5. The molecule has 2 aliphatic rings. The summed E-state index contributed by atoms with van der Waals surface area (Å²) in [5.74, 6) is -0.813. The number of benzene rings is 1. The van der Waals surface area contributed by atoms with E-state index in [1.807, 2.05) is 4.90 Å². The van der Waals surface area contributed by atoms with Gasteiger partial charge in [0.2, 0.25) is 11.8 Å². The Morgan fingerprint density at radius 3 is 2.75 bits per heavy atom. The van der Waals surface area contributed by atoms with Crippen LogP contribution in [0.4, 0.5) is 4.39 Å². The summed E-state index contributed by atoms with van der Waals surface area (Å²) in [6.07, 6.45) is 4.63. The fraction of sp³-hybridized carbons (Fsp3) is 0.556. The van der Waals surface area contributed by atoms with Crippen LogP contribution in [-0.2, 0) is 16.1 Å². The Labute approximate surface area is 146 Å². The van der Waals surface area contributed by atoms with Crippen molar-refractivity contribution in [3.8, 4) is 0 Å². The molecule has 1 aromatic carbocycles. The maximum absolute atomic E-state index is 13.9. The first-order valence-electron chi connectivity index (χ1n) is 8.44. The lowest BCUT2D eigenvalue weighted by Crippen LogP contribution is -2.37. The van der Waals surface area contributed by atoms with Crippen LogP contribution in [-0.4, -0.2) is 41.2 Å². The van der Waals surface area contributed by atoms with Gasteiger partial charge in [0.05, 0.1) is 5.92 Å². The van der Waals surface area contributed by atoms with E-state index in [0.717, 1.165) is 25.7 Å². The Balaban J connectivity index is 1.65. The molecule has 2 fully saturated rings. The molecular formula is C18H22ClFN2O2. The third-order valence-electron chi connectivity index (χ3n) is 5.11. The fourth-order valence-corrected chi connectivity index (χ4v) is 4.00. The number of carbonyl (C=O) groups excluding carboxylic acids is 2. The van der Waals surface area contributed by atoms with Crippen LogP contribution in [0.15, 0.2) is 18.2 Å². The quantitative estimate of drug-likeness (QED) is 0.834. The van der Waals surface area contributed by atoms with Crippen molar-refractivity contribution in [2.24, 2.45) is 5.92 Å². The normalized spacial score (nSPS) is 21.5. The summed E-state index contributed by atoms with van der Waals surface area (Å²) >= 11 is 6.03. The monoisotopic (exact) mass is 352 g/mol. The molecule has 4 nitrogen and oxygen atoms in total. The largest absolute Gasteiger partial charge is 0.341 e. The number of rotatable bonds is 4. The number of amides is 2. The summed E-state index contributed by atoms with van der Waals surface area (Å²) in [5, 5.41) is 0.310. The van der Waals surface area contributed by atoms with Gasteiger partial charge in [-0.3, -0.25) is 9.59 Å². The minimum absolute atomic E-state index is 0.0672. The van der Waals surface area contributed by atoms with Gasteiger partial charge in [0, 0.05) is 43.2 Å². The van der Waals surface area contributed by atoms with Gasteiger partial charge in [-0.15, -0.1) is 0 Å². The number of hydrogen-bond acceptors (Lipinski definition) is 2. The van der Waals surface area contributed by atoms with Gasteiger partial charge in [-0.1, -0.05) is 30.5 Å². The van der Waals surface area contributed by atoms with Gasteiger partial charge in [-0.05, 0) is 25.0 Å². The van der Waals surface area contributed by atoms with Crippen LogP contribution < -0.4 is 0 Å². The van der Waals surface area contributed by atoms with Crippen molar-refractivity contribution in [2.75, 3.05) is 13.6 Å². The Morgan fingerprint density at radius 1 is 1.38 bits per heavy atom. The van der Waals surface area contributed by atoms with E-state index in [1.54, 1.807) is 13.1 Å². The molecule has 1 aliphatic carbocycles. The zero-order chi connectivity index (χ0) is 17.3. The van der Waals surface area contributed by atoms with E-state index in [0.29, 0.717) is 23.2 Å². The second-order valence-corrected chi connectivity index (χ2v) is 7.19. The number of likely N-dealkylation sites (tertiary alicyclic amines) is 1. The predicted molar refractivity (Wildman–Crippen MR) is 90.0 cm³/mol. The highest BCUT2D eigenvalue weighted by atomic mass is 35.5. The van der Waals surface area contributed by atoms with Crippen molar-refractivity contribution in [3.63, 3.8) is 0 Å². The molecule has 0 spiro atoms. The van der Waals surface area contributed by atoms with Crippen molar-refractivity contribution in [1.29, 1.82) is 0 Å². The van der Waals surface area contributed by atoms with Gasteiger partial charge in [0.15, 0.2) is 0 Å². The van der Waals surface area contributed by atoms with Crippen molar-refractivity contribution in [2.45, 2.75) is 44.7 Å². The number of halogens is 2. The topological polar surface area (TPSA) is 40.6 Å². The Bertz CT molecular complexity index is 626. The summed E-state index contributed by atoms with van der Waals surface area (Å²) in [6.45, 7) is 0.593. The minimum atomic E-state index is -0.419. The summed E-state index contributed by atoms with van der Waals surface area (Å²) in [7, 11) is 1.63. The van der Waals surface area contributed by atoms with E-state index in [1.165, 1.54) is 17.0 Å². The highest BCUT2D eigenvalue weighted by Gasteiger charge is 2.39. The zero-order valence-electron chi connectivity index (χ0n) is 13.8. The molecule has 24 heavy (non-hydrogen) atoms. The lowest BCUT2D eigenvalue weighted by molar-refractivity contribution is -0.135. The van der Waals surface area contributed by atoms with Gasteiger partial charge >= 0.3 is 0 Å². The summed E-state index contributed by atoms with van der Waals surface area (Å²) in [5.41, 5.74) is 0.312. The van der Waals surface area contributed by atoms with Crippen LogP contribution >= 0.6 is 11.6 Å². The summed E-state index contributed by atoms with van der Waals surface area (Å²) < 4.78 is 13.9. The molecule has 1 aliphatic heterocycles. The van der Waals surface area contributed by atoms with Crippen molar-refractivity contribution in [1.82, 2.24) is 9.80 Å². The van der Waals surface area contributed by atoms with Crippen LogP contribution in [0, 0.1) is 11.7 Å². The van der Waals surface area contributed by atoms with E-state index >= 15 is 0 Å². The van der Waals surface area contributed by atoms with Gasteiger partial charge in [0.25, 0.3) is 0 Å². The van der Waals surface area contributed by atoms with Crippen molar-refractivity contribution >= 4 is 23.4 Å². The van der Waals surface area contributed by atoms with Crippen LogP contribution in [0.25, 0.3) is 0 Å². The average Bonchev–Trinajstić information content (AvgIpc) is 3.19. The van der Waals surface area contributed by atoms with Crippen LogP contribution in [0.5, 0.6) is 0 Å². The first kappa shape index (κ1) is 17.2. The molecule has 0 radical (unpaired) electrons. The standard InChI is InChI=1S/C18H22ClFN2O2/c1-21(11-14-15(19)7-4-8-16(14)20)18(24)12-9-17(23)22(10-12)13-5-2-3-6-13/h4,7-8,12-13H,2-3,5-6,9-11H2,1H3/t12-/m0/s1. The smallest absolute Gasteiger partial charge is 0.228 e. The lowest BCUT2D eigenvalue weighted by Gasteiger charge is -2.25. The van der Waals surface area contributed by atoms with Gasteiger partial charge in [-0.2, -0.15) is 0 Å². The molecule has 130 valence electrons. The number of carbonyl (C=O) groups is 2. The lowest BCUT2D eigenvalue weighted by atomic mass is 10.1. The Hall–Kier alpha value is -1.62. The number of nitrogens with zero attached hydrogens (tertiary/aromatic N) is 2. The zero-order valence-corrected chi connectivity index (χ0v) is 14.6. The molecule has 3 rings (SSSR count). The Morgan fingerprint density at radius 2 is 2.08 bits per heavy atom. The minimum Gasteiger partial charge on any atom is -0.341 e. The highest BCUT2D eigenvalue weighted by molar-refractivity contribution is 6.31. The molecular weight excluding hydrogens is 331 g/mol. The second kappa shape index (κ2) is 7.09.